The molecule has 0 bridgehead atoms. The zero-order valence-corrected chi connectivity index (χ0v) is 9.85. The summed E-state index contributed by atoms with van der Waals surface area (Å²) in [5.41, 5.74) is 2.57. The fourth-order valence-corrected chi connectivity index (χ4v) is 1.86. The van der Waals surface area contributed by atoms with Gasteiger partial charge in [0.25, 0.3) is 0 Å². The molecule has 0 saturated carbocycles. The molecule has 3 N–H and O–H groups in total. The first kappa shape index (κ1) is 13.2. The van der Waals surface area contributed by atoms with Crippen molar-refractivity contribution in [2.24, 2.45) is 5.84 Å². The van der Waals surface area contributed by atoms with Crippen LogP contribution in [0.4, 0.5) is 13.2 Å². The van der Waals surface area contributed by atoms with Gasteiger partial charge in [-0.1, -0.05) is 11.6 Å². The van der Waals surface area contributed by atoms with Crippen molar-refractivity contribution in [1.82, 2.24) is 5.43 Å². The summed E-state index contributed by atoms with van der Waals surface area (Å²) in [6, 6.07) is 5.20. The van der Waals surface area contributed by atoms with Crippen LogP contribution >= 0.6 is 11.6 Å². The van der Waals surface area contributed by atoms with Gasteiger partial charge in [0.15, 0.2) is 0 Å². The van der Waals surface area contributed by atoms with Crippen molar-refractivity contribution in [1.29, 1.82) is 0 Å². The summed E-state index contributed by atoms with van der Waals surface area (Å²) in [6.07, 6.45) is -5.43. The zero-order valence-electron chi connectivity index (χ0n) is 9.09. The van der Waals surface area contributed by atoms with E-state index in [1.54, 1.807) is 18.2 Å². The highest BCUT2D eigenvalue weighted by Gasteiger charge is 2.33. The largest absolute Gasteiger partial charge is 0.459 e. The maximum atomic E-state index is 12.3. The van der Waals surface area contributed by atoms with Crippen LogP contribution in [0.1, 0.15) is 18.2 Å². The second-order valence-corrected chi connectivity index (χ2v) is 4.31. The van der Waals surface area contributed by atoms with Crippen molar-refractivity contribution in [3.63, 3.8) is 0 Å². The van der Waals surface area contributed by atoms with E-state index in [0.717, 1.165) is 0 Å². The minimum Gasteiger partial charge on any atom is -0.459 e. The average Bonchev–Trinajstić information content (AvgIpc) is 2.67. The summed E-state index contributed by atoms with van der Waals surface area (Å²) in [4.78, 5) is 0. The van der Waals surface area contributed by atoms with E-state index in [1.165, 1.54) is 6.07 Å². The number of hydrogen-bond acceptors (Lipinski definition) is 3. The Hall–Kier alpha value is -1.24. The standard InChI is InChI=1S/C11H10ClF3N2O/c12-7-1-2-9-6(3-7)4-10(18-9)8(17-16)5-11(13,14)15/h1-4,8,17H,5,16H2. The third kappa shape index (κ3) is 2.95. The smallest absolute Gasteiger partial charge is 0.391 e. The van der Waals surface area contributed by atoms with Crippen LogP contribution in [0.2, 0.25) is 5.02 Å². The van der Waals surface area contributed by atoms with E-state index in [2.05, 4.69) is 5.43 Å². The Balaban J connectivity index is 2.34. The number of rotatable bonds is 3. The van der Waals surface area contributed by atoms with Crippen LogP contribution < -0.4 is 11.3 Å². The lowest BCUT2D eigenvalue weighted by Gasteiger charge is -2.15. The monoisotopic (exact) mass is 278 g/mol. The molecule has 2 rings (SSSR count). The molecular formula is C11H10ClF3N2O. The molecule has 0 amide bonds. The van der Waals surface area contributed by atoms with Crippen molar-refractivity contribution in [2.45, 2.75) is 18.6 Å². The van der Waals surface area contributed by atoms with Crippen molar-refractivity contribution in [3.05, 3.63) is 35.0 Å². The van der Waals surface area contributed by atoms with Crippen molar-refractivity contribution >= 4 is 22.6 Å². The van der Waals surface area contributed by atoms with Gasteiger partial charge in [-0.2, -0.15) is 13.2 Å². The van der Waals surface area contributed by atoms with Crippen LogP contribution in [-0.2, 0) is 0 Å². The molecule has 0 aliphatic carbocycles. The van der Waals surface area contributed by atoms with E-state index in [1.807, 2.05) is 0 Å². The molecule has 98 valence electrons. The lowest BCUT2D eigenvalue weighted by atomic mass is 10.1. The molecule has 0 radical (unpaired) electrons. The summed E-state index contributed by atoms with van der Waals surface area (Å²) < 4.78 is 42.3. The van der Waals surface area contributed by atoms with Crippen LogP contribution in [0, 0.1) is 0 Å². The molecule has 0 spiro atoms. The SMILES string of the molecule is NNC(CC(F)(F)F)c1cc2cc(Cl)ccc2o1. The Morgan fingerprint density at radius 1 is 1.33 bits per heavy atom. The molecule has 1 unspecified atom stereocenters. The van der Waals surface area contributed by atoms with Gasteiger partial charge < -0.3 is 4.42 Å². The number of nitrogens with two attached hydrogens (primary N) is 1. The zero-order chi connectivity index (χ0) is 13.3. The summed E-state index contributed by atoms with van der Waals surface area (Å²) in [7, 11) is 0. The first-order valence-electron chi connectivity index (χ1n) is 5.11. The van der Waals surface area contributed by atoms with Gasteiger partial charge in [0.2, 0.25) is 0 Å². The van der Waals surface area contributed by atoms with Crippen molar-refractivity contribution in [3.8, 4) is 0 Å². The third-order valence-electron chi connectivity index (χ3n) is 2.48. The first-order valence-corrected chi connectivity index (χ1v) is 5.49. The Bertz CT molecular complexity index is 553. The van der Waals surface area contributed by atoms with Gasteiger partial charge in [-0.3, -0.25) is 5.84 Å². The Morgan fingerprint density at radius 3 is 2.67 bits per heavy atom. The molecule has 0 saturated heterocycles. The van der Waals surface area contributed by atoms with E-state index in [9.17, 15) is 13.2 Å². The quantitative estimate of drug-likeness (QED) is 0.667. The number of halogens is 4. The fourth-order valence-electron chi connectivity index (χ4n) is 1.68. The number of fused-ring (bicyclic) bond motifs is 1. The van der Waals surface area contributed by atoms with E-state index in [0.29, 0.717) is 16.0 Å². The molecule has 1 heterocycles. The van der Waals surface area contributed by atoms with Gasteiger partial charge in [0.1, 0.15) is 11.3 Å². The number of hydrazine groups is 1. The summed E-state index contributed by atoms with van der Waals surface area (Å²) >= 11 is 5.79. The average molecular weight is 279 g/mol. The normalized spacial score (nSPS) is 14.1. The predicted molar refractivity (Wildman–Crippen MR) is 62.0 cm³/mol. The van der Waals surface area contributed by atoms with Crippen LogP contribution in [0.15, 0.2) is 28.7 Å². The van der Waals surface area contributed by atoms with E-state index in [-0.39, 0.29) is 5.76 Å². The summed E-state index contributed by atoms with van der Waals surface area (Å²) in [5.74, 6) is 5.26. The van der Waals surface area contributed by atoms with Crippen molar-refractivity contribution in [2.75, 3.05) is 0 Å². The topological polar surface area (TPSA) is 51.2 Å². The number of hydrogen-bond donors (Lipinski definition) is 2. The van der Waals surface area contributed by atoms with Crippen LogP contribution in [0.5, 0.6) is 0 Å². The van der Waals surface area contributed by atoms with Gasteiger partial charge in [-0.05, 0) is 24.3 Å². The van der Waals surface area contributed by atoms with Gasteiger partial charge >= 0.3 is 6.18 Å². The maximum absolute atomic E-state index is 12.3. The maximum Gasteiger partial charge on any atom is 0.391 e. The Kier molecular flexibility index (Phi) is 3.52. The fraction of sp³-hybridized carbons (Fsp3) is 0.273. The molecule has 1 atom stereocenters. The van der Waals surface area contributed by atoms with Gasteiger partial charge in [0.05, 0.1) is 12.5 Å². The third-order valence-corrected chi connectivity index (χ3v) is 2.71. The van der Waals surface area contributed by atoms with E-state index in [4.69, 9.17) is 21.9 Å². The highest BCUT2D eigenvalue weighted by atomic mass is 35.5. The van der Waals surface area contributed by atoms with Crippen LogP contribution in [0.25, 0.3) is 11.0 Å². The lowest BCUT2D eigenvalue weighted by Crippen LogP contribution is -2.31. The Morgan fingerprint density at radius 2 is 2.06 bits per heavy atom. The highest BCUT2D eigenvalue weighted by molar-refractivity contribution is 6.31. The lowest BCUT2D eigenvalue weighted by molar-refractivity contribution is -0.141. The molecule has 0 fully saturated rings. The van der Waals surface area contributed by atoms with Crippen molar-refractivity contribution < 1.29 is 17.6 Å². The molecule has 0 aliphatic rings. The van der Waals surface area contributed by atoms with Gasteiger partial charge in [-0.15, -0.1) is 0 Å². The van der Waals surface area contributed by atoms with Gasteiger partial charge in [0, 0.05) is 10.4 Å². The molecule has 2 aromatic rings. The molecule has 18 heavy (non-hydrogen) atoms. The molecule has 7 heteroatoms. The minimum atomic E-state index is -4.33. The second kappa shape index (κ2) is 4.79. The molecule has 3 nitrogen and oxygen atoms in total. The number of nitrogens with one attached hydrogen (secondary N) is 1. The van der Waals surface area contributed by atoms with Crippen LogP contribution in [-0.4, -0.2) is 6.18 Å². The number of furan rings is 1. The molecule has 1 aromatic heterocycles. The van der Waals surface area contributed by atoms with E-state index >= 15 is 0 Å². The Labute approximate surface area is 106 Å². The highest BCUT2D eigenvalue weighted by Crippen LogP contribution is 2.32. The van der Waals surface area contributed by atoms with Crippen LogP contribution in [0.3, 0.4) is 0 Å². The molecule has 0 aliphatic heterocycles. The van der Waals surface area contributed by atoms with E-state index < -0.39 is 18.6 Å². The number of benzene rings is 1. The van der Waals surface area contributed by atoms with Gasteiger partial charge in [-0.25, -0.2) is 5.43 Å². The summed E-state index contributed by atoms with van der Waals surface area (Å²) in [5, 5.41) is 1.13. The summed E-state index contributed by atoms with van der Waals surface area (Å²) in [6.45, 7) is 0. The minimum absolute atomic E-state index is 0.132. The predicted octanol–water partition coefficient (Wildman–Crippen LogP) is 3.54. The molecular weight excluding hydrogens is 269 g/mol. The second-order valence-electron chi connectivity index (χ2n) is 3.87. The molecule has 1 aromatic carbocycles. The first-order chi connectivity index (χ1) is 8.39. The number of alkyl halides is 3.